The SMILES string of the molecule is COc1cc(C(F)(F)F)cc(C(F)(F)F)c1C(=O)N[C@@H]1CCCC[C@@H]1NC1CCCC1.COc1cc(C(F)(F)F)cc(C(F)(F)F)c1C(=O)N[C@H]1CCCC[C@H]1NC1CCCC1. The maximum atomic E-state index is 13.6. The minimum Gasteiger partial charge on any atom is -0.496 e. The highest BCUT2D eigenvalue weighted by Crippen LogP contribution is 2.43. The Morgan fingerprint density at radius 3 is 1.02 bits per heavy atom. The molecule has 4 saturated carbocycles. The molecule has 0 aliphatic heterocycles. The second-order valence-electron chi connectivity index (χ2n) is 16.4. The van der Waals surface area contributed by atoms with Crippen molar-refractivity contribution in [3.8, 4) is 11.5 Å². The van der Waals surface area contributed by atoms with Crippen LogP contribution in [0.5, 0.6) is 11.5 Å². The molecule has 20 heteroatoms. The van der Waals surface area contributed by atoms with Gasteiger partial charge in [-0.05, 0) is 75.6 Å². The Kier molecular flexibility index (Phi) is 16.0. The van der Waals surface area contributed by atoms with Crippen molar-refractivity contribution in [1.82, 2.24) is 21.3 Å². The molecular formula is C42H52F12N4O4. The third kappa shape index (κ3) is 12.6. The fourth-order valence-electron chi connectivity index (χ4n) is 9.07. The van der Waals surface area contributed by atoms with E-state index in [9.17, 15) is 62.3 Å². The van der Waals surface area contributed by atoms with Crippen LogP contribution in [0.15, 0.2) is 24.3 Å². The van der Waals surface area contributed by atoms with Crippen LogP contribution in [0.3, 0.4) is 0 Å². The van der Waals surface area contributed by atoms with Gasteiger partial charge in [0.2, 0.25) is 0 Å². The van der Waals surface area contributed by atoms with Crippen LogP contribution in [0, 0.1) is 0 Å². The van der Waals surface area contributed by atoms with Gasteiger partial charge in [-0.15, -0.1) is 0 Å². The van der Waals surface area contributed by atoms with E-state index in [1.54, 1.807) is 0 Å². The van der Waals surface area contributed by atoms with Gasteiger partial charge in [0.25, 0.3) is 11.8 Å². The highest BCUT2D eigenvalue weighted by molar-refractivity contribution is 5.99. The van der Waals surface area contributed by atoms with E-state index >= 15 is 0 Å². The summed E-state index contributed by atoms with van der Waals surface area (Å²) in [5.41, 5.74) is -8.21. The number of rotatable bonds is 10. The van der Waals surface area contributed by atoms with E-state index in [4.69, 9.17) is 9.47 Å². The first-order chi connectivity index (χ1) is 29.0. The molecule has 0 unspecified atom stereocenters. The summed E-state index contributed by atoms with van der Waals surface area (Å²) in [6.45, 7) is 0. The quantitative estimate of drug-likeness (QED) is 0.177. The molecule has 2 amide bonds. The number of ether oxygens (including phenoxy) is 2. The van der Waals surface area contributed by atoms with Gasteiger partial charge >= 0.3 is 24.7 Å². The lowest BCUT2D eigenvalue weighted by Crippen LogP contribution is -2.54. The normalized spacial score (nSPS) is 23.1. The summed E-state index contributed by atoms with van der Waals surface area (Å²) in [6, 6.07) is 0.427. The summed E-state index contributed by atoms with van der Waals surface area (Å²) in [4.78, 5) is 25.8. The average Bonchev–Trinajstić information content (AvgIpc) is 3.92. The maximum Gasteiger partial charge on any atom is 0.417 e. The molecule has 0 radical (unpaired) electrons. The lowest BCUT2D eigenvalue weighted by Gasteiger charge is -2.35. The Morgan fingerprint density at radius 1 is 0.452 bits per heavy atom. The van der Waals surface area contributed by atoms with Gasteiger partial charge in [0.15, 0.2) is 0 Å². The summed E-state index contributed by atoms with van der Waals surface area (Å²) >= 11 is 0. The molecule has 4 fully saturated rings. The number of nitrogens with one attached hydrogen (secondary N) is 4. The van der Waals surface area contributed by atoms with Crippen LogP contribution in [-0.2, 0) is 24.7 Å². The number of alkyl halides is 12. The number of halogens is 12. The zero-order chi connectivity index (χ0) is 45.6. The lowest BCUT2D eigenvalue weighted by atomic mass is 9.89. The van der Waals surface area contributed by atoms with Gasteiger partial charge in [-0.3, -0.25) is 9.59 Å². The zero-order valence-corrected chi connectivity index (χ0v) is 34.3. The van der Waals surface area contributed by atoms with E-state index in [2.05, 4.69) is 21.3 Å². The fraction of sp³-hybridized carbons (Fsp3) is 0.667. The Bertz CT molecular complexity index is 1710. The summed E-state index contributed by atoms with van der Waals surface area (Å²) in [6.07, 6.45) is -5.62. The van der Waals surface area contributed by atoms with E-state index in [1.165, 1.54) is 0 Å². The number of carbonyl (C=O) groups is 2. The molecule has 0 bridgehead atoms. The topological polar surface area (TPSA) is 101 Å². The van der Waals surface area contributed by atoms with Gasteiger partial charge in [0, 0.05) is 36.3 Å². The van der Waals surface area contributed by atoms with Crippen molar-refractivity contribution in [2.75, 3.05) is 14.2 Å². The van der Waals surface area contributed by atoms with Gasteiger partial charge in [0.1, 0.15) is 11.5 Å². The third-order valence-corrected chi connectivity index (χ3v) is 12.1. The second-order valence-corrected chi connectivity index (χ2v) is 16.4. The summed E-state index contributed by atoms with van der Waals surface area (Å²) in [7, 11) is 1.88. The first kappa shape index (κ1) is 49.1. The number of hydrogen-bond acceptors (Lipinski definition) is 6. The van der Waals surface area contributed by atoms with Crippen molar-refractivity contribution in [3.63, 3.8) is 0 Å². The van der Waals surface area contributed by atoms with E-state index in [0.717, 1.165) is 104 Å². The van der Waals surface area contributed by atoms with Crippen LogP contribution >= 0.6 is 0 Å². The molecule has 348 valence electrons. The number of amides is 2. The summed E-state index contributed by atoms with van der Waals surface area (Å²) in [5.74, 6) is -3.67. The second kappa shape index (κ2) is 20.3. The van der Waals surface area contributed by atoms with Crippen molar-refractivity contribution >= 4 is 11.8 Å². The van der Waals surface area contributed by atoms with Crippen LogP contribution in [-0.4, -0.2) is 62.3 Å². The van der Waals surface area contributed by atoms with Crippen molar-refractivity contribution in [1.29, 1.82) is 0 Å². The van der Waals surface area contributed by atoms with E-state index in [1.807, 2.05) is 0 Å². The molecule has 2 aromatic carbocycles. The third-order valence-electron chi connectivity index (χ3n) is 12.1. The monoisotopic (exact) mass is 904 g/mol. The van der Waals surface area contributed by atoms with Gasteiger partial charge in [-0.2, -0.15) is 52.7 Å². The minimum atomic E-state index is -5.16. The first-order valence-corrected chi connectivity index (χ1v) is 20.9. The van der Waals surface area contributed by atoms with Crippen molar-refractivity contribution in [3.05, 3.63) is 57.6 Å². The molecule has 0 heterocycles. The molecule has 0 spiro atoms. The van der Waals surface area contributed by atoms with E-state index in [-0.39, 0.29) is 24.2 Å². The van der Waals surface area contributed by atoms with Crippen LogP contribution in [0.1, 0.15) is 146 Å². The standard InChI is InChI=1S/2C21H26F6N2O2/c2*1-31-17-11-12(20(22,23)24)10-14(21(25,26)27)18(17)19(30)29-16-9-5-4-8-15(16)28-13-6-2-3-7-13/h2*10-11,13,15-16,28H,2-9H2,1H3,(H,29,30)/t2*15-,16+/m10/s1. The van der Waals surface area contributed by atoms with Crippen LogP contribution in [0.25, 0.3) is 0 Å². The molecule has 2 aromatic rings. The van der Waals surface area contributed by atoms with Gasteiger partial charge in [-0.25, -0.2) is 0 Å². The summed E-state index contributed by atoms with van der Waals surface area (Å²) in [5, 5.41) is 12.3. The number of benzene rings is 2. The molecule has 6 rings (SSSR count). The summed E-state index contributed by atoms with van der Waals surface area (Å²) < 4.78 is 170. The maximum absolute atomic E-state index is 13.6. The number of methoxy groups -OCH3 is 2. The lowest BCUT2D eigenvalue weighted by molar-refractivity contribution is -0.145. The fourth-order valence-corrected chi connectivity index (χ4v) is 9.07. The first-order valence-electron chi connectivity index (χ1n) is 20.9. The van der Waals surface area contributed by atoms with E-state index in [0.29, 0.717) is 37.1 Å². The van der Waals surface area contributed by atoms with Crippen LogP contribution in [0.2, 0.25) is 0 Å². The molecule has 8 nitrogen and oxygen atoms in total. The molecule has 0 saturated heterocycles. The van der Waals surface area contributed by atoms with Crippen molar-refractivity contribution < 1.29 is 71.7 Å². The molecule has 0 aromatic heterocycles. The average molecular weight is 905 g/mol. The van der Waals surface area contributed by atoms with Gasteiger partial charge < -0.3 is 30.7 Å². The Morgan fingerprint density at radius 2 is 0.742 bits per heavy atom. The number of hydrogen-bond donors (Lipinski definition) is 4. The largest absolute Gasteiger partial charge is 0.496 e. The molecule has 4 aliphatic rings. The Labute approximate surface area is 351 Å². The molecule has 4 atom stereocenters. The van der Waals surface area contributed by atoms with Crippen LogP contribution < -0.4 is 30.7 Å². The Balaban J connectivity index is 0.000000234. The molecular weight excluding hydrogens is 852 g/mol. The minimum absolute atomic E-state index is 0.0352. The predicted molar refractivity (Wildman–Crippen MR) is 204 cm³/mol. The van der Waals surface area contributed by atoms with Crippen molar-refractivity contribution in [2.24, 2.45) is 0 Å². The smallest absolute Gasteiger partial charge is 0.417 e. The van der Waals surface area contributed by atoms with Crippen molar-refractivity contribution in [2.45, 2.75) is 164 Å². The van der Waals surface area contributed by atoms with Gasteiger partial charge in [-0.1, -0.05) is 51.4 Å². The Hall–Kier alpha value is -3.94. The molecule has 62 heavy (non-hydrogen) atoms. The highest BCUT2D eigenvalue weighted by Gasteiger charge is 2.44. The number of carbonyl (C=O) groups excluding carboxylic acids is 2. The van der Waals surface area contributed by atoms with Gasteiger partial charge in [0.05, 0.1) is 47.6 Å². The highest BCUT2D eigenvalue weighted by atomic mass is 19.4. The molecule has 4 aliphatic carbocycles. The zero-order valence-electron chi connectivity index (χ0n) is 34.3. The predicted octanol–water partition coefficient (Wildman–Crippen LogP) is 10.6. The van der Waals surface area contributed by atoms with Crippen LogP contribution in [0.4, 0.5) is 52.7 Å². The van der Waals surface area contributed by atoms with E-state index < -0.39 is 93.5 Å². The molecule has 4 N–H and O–H groups in total.